The lowest BCUT2D eigenvalue weighted by atomic mass is 9.77. The SMILES string of the molecule is O=C(CCl)NC1CCC(c2ccccc2)c2ccccc21. The molecule has 0 bridgehead atoms. The zero-order valence-electron chi connectivity index (χ0n) is 11.8. The molecule has 0 radical (unpaired) electrons. The quantitative estimate of drug-likeness (QED) is 0.853. The van der Waals surface area contributed by atoms with Gasteiger partial charge in [-0.3, -0.25) is 4.79 Å². The first-order chi connectivity index (χ1) is 10.3. The Labute approximate surface area is 130 Å². The van der Waals surface area contributed by atoms with Gasteiger partial charge in [0.25, 0.3) is 0 Å². The number of rotatable bonds is 3. The van der Waals surface area contributed by atoms with E-state index in [1.807, 2.05) is 12.1 Å². The van der Waals surface area contributed by atoms with Crippen LogP contribution in [0.1, 0.15) is 41.5 Å². The van der Waals surface area contributed by atoms with Gasteiger partial charge in [0.05, 0.1) is 6.04 Å². The third kappa shape index (κ3) is 2.96. The zero-order valence-corrected chi connectivity index (χ0v) is 12.5. The van der Waals surface area contributed by atoms with Crippen LogP contribution in [0, 0.1) is 0 Å². The van der Waals surface area contributed by atoms with Crippen molar-refractivity contribution in [3.05, 3.63) is 71.3 Å². The molecule has 1 amide bonds. The number of alkyl halides is 1. The molecule has 0 saturated heterocycles. The molecule has 2 atom stereocenters. The summed E-state index contributed by atoms with van der Waals surface area (Å²) in [5, 5.41) is 3.03. The molecular weight excluding hydrogens is 282 g/mol. The molecule has 1 aliphatic rings. The van der Waals surface area contributed by atoms with Crippen LogP contribution in [0.4, 0.5) is 0 Å². The van der Waals surface area contributed by atoms with E-state index in [1.54, 1.807) is 0 Å². The van der Waals surface area contributed by atoms with Gasteiger partial charge in [0, 0.05) is 5.92 Å². The predicted octanol–water partition coefficient (Wildman–Crippen LogP) is 4.01. The molecule has 3 rings (SSSR count). The minimum atomic E-state index is -0.102. The largest absolute Gasteiger partial charge is 0.348 e. The fourth-order valence-corrected chi connectivity index (χ4v) is 3.28. The van der Waals surface area contributed by atoms with Crippen LogP contribution >= 0.6 is 11.6 Å². The summed E-state index contributed by atoms with van der Waals surface area (Å²) in [4.78, 5) is 11.6. The third-order valence-electron chi connectivity index (χ3n) is 4.15. The first-order valence-electron chi connectivity index (χ1n) is 7.28. The molecule has 3 heteroatoms. The van der Waals surface area contributed by atoms with E-state index in [4.69, 9.17) is 11.6 Å². The molecular formula is C18H18ClNO. The summed E-state index contributed by atoms with van der Waals surface area (Å²) in [5.74, 6) is 0.321. The van der Waals surface area contributed by atoms with E-state index in [1.165, 1.54) is 16.7 Å². The normalized spacial score (nSPS) is 20.6. The smallest absolute Gasteiger partial charge is 0.235 e. The Morgan fingerprint density at radius 2 is 1.67 bits per heavy atom. The van der Waals surface area contributed by atoms with Crippen molar-refractivity contribution in [2.75, 3.05) is 5.88 Å². The van der Waals surface area contributed by atoms with Gasteiger partial charge in [0.2, 0.25) is 5.91 Å². The second-order valence-electron chi connectivity index (χ2n) is 5.42. The summed E-state index contributed by atoms with van der Waals surface area (Å²) >= 11 is 5.61. The standard InChI is InChI=1S/C18H18ClNO/c19-12-18(21)20-17-11-10-14(13-6-2-1-3-7-13)15-8-4-5-9-16(15)17/h1-9,14,17H,10-12H2,(H,20,21). The van der Waals surface area contributed by atoms with Crippen molar-refractivity contribution in [3.63, 3.8) is 0 Å². The second kappa shape index (κ2) is 6.31. The lowest BCUT2D eigenvalue weighted by Gasteiger charge is -2.32. The van der Waals surface area contributed by atoms with E-state index in [9.17, 15) is 4.79 Å². The van der Waals surface area contributed by atoms with Gasteiger partial charge < -0.3 is 5.32 Å². The van der Waals surface area contributed by atoms with Gasteiger partial charge >= 0.3 is 0 Å². The van der Waals surface area contributed by atoms with Gasteiger partial charge in [0.15, 0.2) is 0 Å². The maximum Gasteiger partial charge on any atom is 0.235 e. The molecule has 1 aliphatic carbocycles. The molecule has 21 heavy (non-hydrogen) atoms. The Bertz CT molecular complexity index is 626. The van der Waals surface area contributed by atoms with Gasteiger partial charge in [-0.25, -0.2) is 0 Å². The molecule has 1 N–H and O–H groups in total. The summed E-state index contributed by atoms with van der Waals surface area (Å²) in [6, 6.07) is 19.0. The molecule has 0 saturated carbocycles. The van der Waals surface area contributed by atoms with Crippen molar-refractivity contribution in [3.8, 4) is 0 Å². The topological polar surface area (TPSA) is 29.1 Å². The highest BCUT2D eigenvalue weighted by atomic mass is 35.5. The molecule has 2 aromatic rings. The maximum atomic E-state index is 11.6. The van der Waals surface area contributed by atoms with Gasteiger partial charge in [-0.05, 0) is 29.5 Å². The van der Waals surface area contributed by atoms with Gasteiger partial charge in [-0.1, -0.05) is 54.6 Å². The van der Waals surface area contributed by atoms with Crippen molar-refractivity contribution in [2.24, 2.45) is 0 Å². The van der Waals surface area contributed by atoms with Crippen molar-refractivity contribution in [2.45, 2.75) is 24.8 Å². The van der Waals surface area contributed by atoms with Crippen LogP contribution in [-0.2, 0) is 4.79 Å². The van der Waals surface area contributed by atoms with E-state index < -0.39 is 0 Å². The van der Waals surface area contributed by atoms with E-state index in [-0.39, 0.29) is 17.8 Å². The Hall–Kier alpha value is -1.80. The van der Waals surface area contributed by atoms with Crippen LogP contribution in [0.15, 0.2) is 54.6 Å². The summed E-state index contributed by atoms with van der Waals surface area (Å²) in [6.07, 6.45) is 1.98. The first kappa shape index (κ1) is 14.2. The number of carbonyl (C=O) groups excluding carboxylic acids is 1. The van der Waals surface area contributed by atoms with Gasteiger partial charge in [-0.15, -0.1) is 11.6 Å². The van der Waals surface area contributed by atoms with Crippen molar-refractivity contribution in [1.29, 1.82) is 0 Å². The lowest BCUT2D eigenvalue weighted by molar-refractivity contribution is -0.119. The number of benzene rings is 2. The minimum Gasteiger partial charge on any atom is -0.348 e. The van der Waals surface area contributed by atoms with E-state index in [0.717, 1.165) is 12.8 Å². The monoisotopic (exact) mass is 299 g/mol. The van der Waals surface area contributed by atoms with Crippen LogP contribution in [0.3, 0.4) is 0 Å². The van der Waals surface area contributed by atoms with Gasteiger partial charge in [-0.2, -0.15) is 0 Å². The Kier molecular flexibility index (Phi) is 4.26. The number of hydrogen-bond donors (Lipinski definition) is 1. The molecule has 2 unspecified atom stereocenters. The predicted molar refractivity (Wildman–Crippen MR) is 85.6 cm³/mol. The van der Waals surface area contributed by atoms with Crippen LogP contribution in [0.2, 0.25) is 0 Å². The number of hydrogen-bond acceptors (Lipinski definition) is 1. The highest BCUT2D eigenvalue weighted by Crippen LogP contribution is 2.40. The Balaban J connectivity index is 1.94. The summed E-state index contributed by atoms with van der Waals surface area (Å²) in [6.45, 7) is 0. The number of halogens is 1. The molecule has 0 spiro atoms. The average Bonchev–Trinajstić information content (AvgIpc) is 2.56. The van der Waals surface area contributed by atoms with Crippen LogP contribution < -0.4 is 5.32 Å². The first-order valence-corrected chi connectivity index (χ1v) is 7.82. The summed E-state index contributed by atoms with van der Waals surface area (Å²) in [5.41, 5.74) is 3.87. The molecule has 0 aliphatic heterocycles. The van der Waals surface area contributed by atoms with Gasteiger partial charge in [0.1, 0.15) is 5.88 Å². The number of carbonyl (C=O) groups is 1. The van der Waals surface area contributed by atoms with Crippen molar-refractivity contribution < 1.29 is 4.79 Å². The fourth-order valence-electron chi connectivity index (χ4n) is 3.20. The van der Waals surface area contributed by atoms with Crippen LogP contribution in [-0.4, -0.2) is 11.8 Å². The molecule has 2 aromatic carbocycles. The fraction of sp³-hybridized carbons (Fsp3) is 0.278. The molecule has 2 nitrogen and oxygen atoms in total. The van der Waals surface area contributed by atoms with Crippen molar-refractivity contribution in [1.82, 2.24) is 5.32 Å². The third-order valence-corrected chi connectivity index (χ3v) is 4.39. The number of fused-ring (bicyclic) bond motifs is 1. The maximum absolute atomic E-state index is 11.6. The number of amides is 1. The zero-order chi connectivity index (χ0) is 14.7. The molecule has 0 heterocycles. The summed E-state index contributed by atoms with van der Waals surface area (Å²) in [7, 11) is 0. The molecule has 0 fully saturated rings. The lowest BCUT2D eigenvalue weighted by Crippen LogP contribution is -2.32. The van der Waals surface area contributed by atoms with E-state index in [2.05, 4.69) is 47.8 Å². The van der Waals surface area contributed by atoms with Crippen LogP contribution in [0.5, 0.6) is 0 Å². The highest BCUT2D eigenvalue weighted by molar-refractivity contribution is 6.27. The Morgan fingerprint density at radius 3 is 2.38 bits per heavy atom. The second-order valence-corrected chi connectivity index (χ2v) is 5.69. The summed E-state index contributed by atoms with van der Waals surface area (Å²) < 4.78 is 0. The van der Waals surface area contributed by atoms with E-state index in [0.29, 0.717) is 5.92 Å². The van der Waals surface area contributed by atoms with Crippen LogP contribution in [0.25, 0.3) is 0 Å². The van der Waals surface area contributed by atoms with Crippen molar-refractivity contribution >= 4 is 17.5 Å². The molecule has 108 valence electrons. The molecule has 0 aromatic heterocycles. The van der Waals surface area contributed by atoms with E-state index >= 15 is 0 Å². The average molecular weight is 300 g/mol. The number of nitrogens with one attached hydrogen (secondary N) is 1. The highest BCUT2D eigenvalue weighted by Gasteiger charge is 2.28. The minimum absolute atomic E-state index is 0.0147. The Morgan fingerprint density at radius 1 is 1.00 bits per heavy atom.